The van der Waals surface area contributed by atoms with Gasteiger partial charge >= 0.3 is 12.1 Å². The summed E-state index contributed by atoms with van der Waals surface area (Å²) in [6, 6.07) is -1.88. The number of aromatic nitrogens is 2. The van der Waals surface area contributed by atoms with Gasteiger partial charge in [0, 0.05) is 0 Å². The number of anilines is 2. The van der Waals surface area contributed by atoms with Gasteiger partial charge in [0.1, 0.15) is 5.69 Å². The van der Waals surface area contributed by atoms with Gasteiger partial charge in [-0.25, -0.2) is 31.3 Å². The number of urea groups is 2. The number of aryl methyl sites for hydroxylation is 1. The van der Waals surface area contributed by atoms with Gasteiger partial charge in [-0.2, -0.15) is 5.10 Å². The summed E-state index contributed by atoms with van der Waals surface area (Å²) >= 11 is 0. The third kappa shape index (κ3) is 1.87. The van der Waals surface area contributed by atoms with Crippen LogP contribution < -0.4 is 33.2 Å². The number of hydrogen-bond acceptors (Lipinski definition) is 5. The van der Waals surface area contributed by atoms with Crippen LogP contribution in [-0.2, 0) is 0 Å². The van der Waals surface area contributed by atoms with Crippen LogP contribution in [0.5, 0.6) is 0 Å². The van der Waals surface area contributed by atoms with Gasteiger partial charge in [0.05, 0.1) is 5.69 Å². The Hall–Kier alpha value is -2.33. The van der Waals surface area contributed by atoms with Crippen molar-refractivity contribution in [3.8, 4) is 0 Å². The molecular weight excluding hydrogens is 216 g/mol. The first kappa shape index (κ1) is 11.7. The Morgan fingerprint density at radius 2 is 1.69 bits per heavy atom. The van der Waals surface area contributed by atoms with Crippen molar-refractivity contribution in [2.45, 2.75) is 6.92 Å². The van der Waals surface area contributed by atoms with E-state index < -0.39 is 12.1 Å². The van der Waals surface area contributed by atoms with Crippen LogP contribution in [0.25, 0.3) is 0 Å². The van der Waals surface area contributed by atoms with Crippen LogP contribution >= 0.6 is 0 Å². The first-order valence-electron chi connectivity index (χ1n) is 4.09. The summed E-state index contributed by atoms with van der Waals surface area (Å²) in [6.45, 7) is 1.57. The van der Waals surface area contributed by atoms with Crippen molar-refractivity contribution >= 4 is 23.6 Å². The van der Waals surface area contributed by atoms with E-state index in [0.717, 1.165) is 0 Å². The molecule has 0 aliphatic heterocycles. The topological polar surface area (TPSA) is 173 Å². The number of aromatic amines is 1. The number of primary amides is 2. The number of carbonyl (C=O) groups excluding carboxylic acids is 2. The number of rotatable bonds is 2. The Balaban J connectivity index is 3.22. The fourth-order valence-electron chi connectivity index (χ4n) is 1.08. The summed E-state index contributed by atoms with van der Waals surface area (Å²) in [5.41, 5.74) is 10.4. The molecule has 0 aliphatic carbocycles. The van der Waals surface area contributed by atoms with Crippen LogP contribution in [0.15, 0.2) is 0 Å². The van der Waals surface area contributed by atoms with Gasteiger partial charge < -0.3 is 11.5 Å². The predicted molar refractivity (Wildman–Crippen MR) is 55.8 cm³/mol. The maximum absolute atomic E-state index is 10.9. The minimum atomic E-state index is -0.953. The molecule has 0 fully saturated rings. The Kier molecular flexibility index (Phi) is 2.96. The number of carbonyl (C=O) groups is 2. The van der Waals surface area contributed by atoms with Gasteiger partial charge in [-0.3, -0.25) is 5.10 Å². The molecule has 1 aromatic rings. The summed E-state index contributed by atoms with van der Waals surface area (Å²) in [6.07, 6.45) is 0. The second-order valence-electron chi connectivity index (χ2n) is 2.94. The molecule has 1 aromatic heterocycles. The van der Waals surface area contributed by atoms with Crippen LogP contribution in [0, 0.1) is 6.92 Å². The highest BCUT2D eigenvalue weighted by molar-refractivity contribution is 5.98. The zero-order chi connectivity index (χ0) is 12.5. The van der Waals surface area contributed by atoms with Crippen LogP contribution in [-0.4, -0.2) is 22.3 Å². The Morgan fingerprint density at radius 1 is 1.19 bits per heavy atom. The summed E-state index contributed by atoms with van der Waals surface area (Å²) in [5, 5.41) is 7.34. The van der Waals surface area contributed by atoms with Gasteiger partial charge in [0.15, 0.2) is 5.82 Å². The number of amides is 4. The molecule has 16 heavy (non-hydrogen) atoms. The van der Waals surface area contributed by atoms with Gasteiger partial charge in [-0.1, -0.05) is 0 Å². The zero-order valence-corrected chi connectivity index (χ0v) is 8.47. The highest BCUT2D eigenvalue weighted by Gasteiger charge is 2.23. The van der Waals surface area contributed by atoms with Gasteiger partial charge in [0.2, 0.25) is 0 Å². The lowest BCUT2D eigenvalue weighted by Gasteiger charge is -2.18. The third-order valence-corrected chi connectivity index (χ3v) is 1.84. The summed E-state index contributed by atoms with van der Waals surface area (Å²) in [5.74, 6) is 10.6. The monoisotopic (exact) mass is 228 g/mol. The van der Waals surface area contributed by atoms with Crippen LogP contribution in [0.1, 0.15) is 5.69 Å². The van der Waals surface area contributed by atoms with Crippen LogP contribution in [0.2, 0.25) is 0 Å². The molecule has 0 bridgehead atoms. The van der Waals surface area contributed by atoms with Crippen LogP contribution in [0.4, 0.5) is 21.1 Å². The molecule has 0 spiro atoms. The number of hydrazine groups is 2. The molecule has 1 heterocycles. The van der Waals surface area contributed by atoms with Crippen molar-refractivity contribution in [3.05, 3.63) is 5.69 Å². The van der Waals surface area contributed by atoms with Crippen molar-refractivity contribution in [3.63, 3.8) is 0 Å². The molecule has 0 atom stereocenters. The number of nitrogens with two attached hydrogens (primary N) is 4. The van der Waals surface area contributed by atoms with Crippen molar-refractivity contribution < 1.29 is 9.59 Å². The molecule has 10 nitrogen and oxygen atoms in total. The molecule has 88 valence electrons. The van der Waals surface area contributed by atoms with E-state index in [4.69, 9.17) is 23.2 Å². The van der Waals surface area contributed by atoms with E-state index in [9.17, 15) is 9.59 Å². The molecule has 10 heteroatoms. The Morgan fingerprint density at radius 3 is 2.12 bits per heavy atom. The SMILES string of the molecule is Cc1[nH]nc(N(N)C(N)=O)c1N(N)C(N)=O. The van der Waals surface area contributed by atoms with Crippen molar-refractivity contribution in [2.75, 3.05) is 10.0 Å². The lowest BCUT2D eigenvalue weighted by Crippen LogP contribution is -2.46. The quantitative estimate of drug-likeness (QED) is 0.228. The highest BCUT2D eigenvalue weighted by Crippen LogP contribution is 2.26. The first-order chi connectivity index (χ1) is 7.36. The number of nitrogens with one attached hydrogen (secondary N) is 1. The molecule has 1 rings (SSSR count). The molecule has 0 unspecified atom stereocenters. The van der Waals surface area contributed by atoms with E-state index in [2.05, 4.69) is 10.2 Å². The summed E-state index contributed by atoms with van der Waals surface area (Å²) in [7, 11) is 0. The fraction of sp³-hybridized carbons (Fsp3) is 0.167. The van der Waals surface area contributed by atoms with E-state index in [1.807, 2.05) is 0 Å². The Labute approximate surface area is 90.1 Å². The lowest BCUT2D eigenvalue weighted by atomic mass is 10.3. The molecule has 0 saturated carbocycles. The second-order valence-corrected chi connectivity index (χ2v) is 2.94. The average Bonchev–Trinajstić information content (AvgIpc) is 2.57. The molecule has 0 aromatic carbocycles. The fourth-order valence-corrected chi connectivity index (χ4v) is 1.08. The standard InChI is InChI=1S/C6H12N8O2/c1-2-3(13(9)5(7)15)4(12-11-2)14(10)6(8)16/h9-10H2,1H3,(H2,7,15)(H2,8,16)(H,11,12). The van der Waals surface area contributed by atoms with Crippen molar-refractivity contribution in [1.82, 2.24) is 10.2 Å². The Bertz CT molecular complexity index is 426. The van der Waals surface area contributed by atoms with E-state index in [0.29, 0.717) is 15.7 Å². The lowest BCUT2D eigenvalue weighted by molar-refractivity contribution is 0.252. The zero-order valence-electron chi connectivity index (χ0n) is 8.47. The van der Waals surface area contributed by atoms with Crippen molar-refractivity contribution in [2.24, 2.45) is 23.2 Å². The maximum atomic E-state index is 10.9. The molecular formula is C6H12N8O2. The predicted octanol–water partition coefficient (Wildman–Crippen LogP) is -1.76. The number of nitrogens with zero attached hydrogens (tertiary/aromatic N) is 3. The van der Waals surface area contributed by atoms with Gasteiger partial charge in [0.25, 0.3) is 0 Å². The average molecular weight is 228 g/mol. The number of H-pyrrole nitrogens is 1. The largest absolute Gasteiger partial charge is 0.350 e. The highest BCUT2D eigenvalue weighted by atomic mass is 16.2. The van der Waals surface area contributed by atoms with E-state index in [-0.39, 0.29) is 11.5 Å². The van der Waals surface area contributed by atoms with Crippen molar-refractivity contribution in [1.29, 1.82) is 0 Å². The first-order valence-corrected chi connectivity index (χ1v) is 4.09. The summed E-state index contributed by atoms with van der Waals surface area (Å²) in [4.78, 5) is 21.7. The molecule has 0 aliphatic rings. The van der Waals surface area contributed by atoms with E-state index >= 15 is 0 Å². The third-order valence-electron chi connectivity index (χ3n) is 1.84. The van der Waals surface area contributed by atoms with E-state index in [1.54, 1.807) is 6.92 Å². The minimum absolute atomic E-state index is 0.0776. The van der Waals surface area contributed by atoms with Gasteiger partial charge in [-0.15, -0.1) is 0 Å². The van der Waals surface area contributed by atoms with Crippen LogP contribution in [0.3, 0.4) is 0 Å². The summed E-state index contributed by atoms with van der Waals surface area (Å²) < 4.78 is 0. The normalized spacial score (nSPS) is 9.94. The second kappa shape index (κ2) is 4.04. The molecule has 0 saturated heterocycles. The van der Waals surface area contributed by atoms with Gasteiger partial charge in [-0.05, 0) is 6.92 Å². The molecule has 9 N–H and O–H groups in total. The molecule has 0 radical (unpaired) electrons. The maximum Gasteiger partial charge on any atom is 0.335 e. The minimum Gasteiger partial charge on any atom is -0.350 e. The smallest absolute Gasteiger partial charge is 0.335 e. The van der Waals surface area contributed by atoms with E-state index in [1.165, 1.54) is 0 Å². The number of hydrogen-bond donors (Lipinski definition) is 5. The molecule has 4 amide bonds.